The third-order valence-electron chi connectivity index (χ3n) is 0.743. The quantitative estimate of drug-likeness (QED) is 0.467. The van der Waals surface area contributed by atoms with Gasteiger partial charge in [0.25, 0.3) is 0 Å². The summed E-state index contributed by atoms with van der Waals surface area (Å²) >= 11 is 5.66. The Labute approximate surface area is 74.7 Å². The van der Waals surface area contributed by atoms with Crippen LogP contribution in [0.25, 0.3) is 0 Å². The molecule has 0 saturated heterocycles. The first-order valence-corrected chi connectivity index (χ1v) is 6.69. The maximum atomic E-state index is 4.81. The first-order valence-electron chi connectivity index (χ1n) is 2.38. The summed E-state index contributed by atoms with van der Waals surface area (Å²) in [6.45, 7) is 0. The van der Waals surface area contributed by atoms with Crippen molar-refractivity contribution in [3.8, 4) is 0 Å². The zero-order valence-corrected chi connectivity index (χ0v) is 9.42. The minimum atomic E-state index is 0.847. The van der Waals surface area contributed by atoms with Crippen molar-refractivity contribution in [2.45, 2.75) is 4.90 Å². The number of rotatable bonds is 0. The molecule has 0 aliphatic carbocycles. The van der Waals surface area contributed by atoms with Gasteiger partial charge in [0.2, 0.25) is 0 Å². The minimum absolute atomic E-state index is 0.847. The Hall–Kier alpha value is 0.353. The van der Waals surface area contributed by atoms with Gasteiger partial charge < -0.3 is 12.6 Å². The van der Waals surface area contributed by atoms with Crippen LogP contribution in [0, 0.1) is 0 Å². The van der Waals surface area contributed by atoms with Gasteiger partial charge in [0.15, 0.2) is 0 Å². The fourth-order valence-electron chi connectivity index (χ4n) is 0.420. The van der Waals surface area contributed by atoms with Gasteiger partial charge in [0.1, 0.15) is 0 Å². The van der Waals surface area contributed by atoms with E-state index in [4.69, 9.17) is 22.3 Å². The van der Waals surface area contributed by atoms with E-state index in [0.29, 0.717) is 0 Å². The van der Waals surface area contributed by atoms with Crippen molar-refractivity contribution in [2.24, 2.45) is 0 Å². The van der Waals surface area contributed by atoms with Crippen LogP contribution in [0.15, 0.2) is 35.2 Å². The van der Waals surface area contributed by atoms with Gasteiger partial charge >= 0.3 is 27.0 Å². The van der Waals surface area contributed by atoms with E-state index in [0.717, 1.165) is 22.2 Å². The Kier molecular flexibility index (Phi) is 6.73. The zero-order chi connectivity index (χ0) is 7.11. The Balaban J connectivity index is 0.000000291. The van der Waals surface area contributed by atoms with Gasteiger partial charge in [-0.3, -0.25) is 0 Å². The molecule has 0 nitrogen and oxygen atoms in total. The first kappa shape index (κ1) is 9.35. The molecule has 0 atom stereocenters. The number of hydrogen-bond acceptors (Lipinski definition) is 1. The van der Waals surface area contributed by atoms with Gasteiger partial charge in [-0.1, -0.05) is 30.3 Å². The summed E-state index contributed by atoms with van der Waals surface area (Å²) in [7, 11) is 4.76. The molecule has 0 aliphatic heterocycles. The number of hydrogen-bond donors (Lipinski definition) is 0. The Bertz CT molecular complexity index is 143. The first-order chi connectivity index (χ1) is 4.39. The standard InChI is InChI=1S/C6H6S.ClH.Zn/c7-6-4-2-1-3-5-6;;/h1-5,7H;1H;/q;;+2/p-2. The second-order valence-corrected chi connectivity index (χ2v) is 1.78. The van der Waals surface area contributed by atoms with Crippen molar-refractivity contribution in [3.63, 3.8) is 0 Å². The van der Waals surface area contributed by atoms with E-state index in [1.54, 1.807) is 0 Å². The average molecular weight is 210 g/mol. The third kappa shape index (κ3) is 4.83. The van der Waals surface area contributed by atoms with Crippen molar-refractivity contribution < 1.29 is 17.3 Å². The average Bonchev–Trinajstić information content (AvgIpc) is 1.94. The van der Waals surface area contributed by atoms with Crippen LogP contribution in [0.4, 0.5) is 0 Å². The number of benzene rings is 1. The van der Waals surface area contributed by atoms with Crippen LogP contribution in [0.1, 0.15) is 0 Å². The minimum Gasteiger partial charge on any atom is -0.780 e. The maximum absolute atomic E-state index is 4.81. The monoisotopic (exact) mass is 208 g/mol. The van der Waals surface area contributed by atoms with E-state index >= 15 is 0 Å². The molecule has 0 aliphatic rings. The molecule has 0 amide bonds. The molecule has 0 unspecified atom stereocenters. The predicted molar refractivity (Wildman–Crippen MR) is 37.9 cm³/mol. The van der Waals surface area contributed by atoms with E-state index < -0.39 is 0 Å². The molecule has 0 spiro atoms. The van der Waals surface area contributed by atoms with Crippen molar-refractivity contribution >= 4 is 22.3 Å². The molecular formula is C6H5ClSZn. The molecule has 9 heavy (non-hydrogen) atoms. The van der Waals surface area contributed by atoms with Crippen LogP contribution < -0.4 is 0 Å². The van der Waals surface area contributed by atoms with Crippen molar-refractivity contribution in [2.75, 3.05) is 0 Å². The summed E-state index contributed by atoms with van der Waals surface area (Å²) in [5, 5.41) is 0. The summed E-state index contributed by atoms with van der Waals surface area (Å²) < 4.78 is 0. The van der Waals surface area contributed by atoms with Gasteiger partial charge in [-0.15, -0.1) is 0 Å². The molecule has 1 aromatic carbocycles. The molecule has 0 saturated carbocycles. The molecule has 0 N–H and O–H groups in total. The third-order valence-corrected chi connectivity index (χ3v) is 1.02. The molecule has 0 radical (unpaired) electrons. The van der Waals surface area contributed by atoms with E-state index in [1.165, 1.54) is 0 Å². The van der Waals surface area contributed by atoms with Gasteiger partial charge in [-0.05, 0) is 0 Å². The molecule has 1 rings (SSSR count). The summed E-state index contributed by atoms with van der Waals surface area (Å²) in [6.07, 6.45) is 0. The summed E-state index contributed by atoms with van der Waals surface area (Å²) in [5.41, 5.74) is 0. The summed E-state index contributed by atoms with van der Waals surface area (Å²) in [5.74, 6) is 0. The molecule has 0 fully saturated rings. The fourth-order valence-corrected chi connectivity index (χ4v) is 0.578. The Morgan fingerprint density at radius 1 is 1.11 bits per heavy atom. The normalized spacial score (nSPS) is 7.44. The second-order valence-electron chi connectivity index (χ2n) is 1.31. The summed E-state index contributed by atoms with van der Waals surface area (Å²) in [6, 6.07) is 9.62. The second kappa shape index (κ2) is 6.47. The van der Waals surface area contributed by atoms with E-state index in [1.807, 2.05) is 30.3 Å². The smallest absolute Gasteiger partial charge is 0.0624 e. The van der Waals surface area contributed by atoms with E-state index in [2.05, 4.69) is 0 Å². The molecular weight excluding hydrogens is 205 g/mol. The van der Waals surface area contributed by atoms with Gasteiger partial charge in [-0.25, -0.2) is 0 Å². The van der Waals surface area contributed by atoms with Gasteiger partial charge in [0.05, 0.1) is 0 Å². The Morgan fingerprint density at radius 2 is 1.56 bits per heavy atom. The van der Waals surface area contributed by atoms with Crippen LogP contribution in [-0.4, -0.2) is 0 Å². The van der Waals surface area contributed by atoms with Gasteiger partial charge in [0, 0.05) is 0 Å². The molecule has 1 aromatic rings. The largest absolute Gasteiger partial charge is 0.780 e. The molecule has 3 heteroatoms. The molecule has 0 aromatic heterocycles. The zero-order valence-electron chi connectivity index (χ0n) is 4.88. The SMILES string of the molecule is [Cl][Zn+].[S-]c1ccccc1. The molecule has 0 heterocycles. The fraction of sp³-hybridized carbons (Fsp3) is 0. The molecule has 44 valence electrons. The Morgan fingerprint density at radius 3 is 1.78 bits per heavy atom. The van der Waals surface area contributed by atoms with Crippen LogP contribution in [0.3, 0.4) is 0 Å². The maximum Gasteiger partial charge on any atom is -0.0624 e. The van der Waals surface area contributed by atoms with Crippen LogP contribution >= 0.6 is 9.69 Å². The summed E-state index contributed by atoms with van der Waals surface area (Å²) in [4.78, 5) is 0.905. The van der Waals surface area contributed by atoms with Crippen LogP contribution in [0.5, 0.6) is 0 Å². The van der Waals surface area contributed by atoms with E-state index in [-0.39, 0.29) is 0 Å². The number of halogens is 1. The van der Waals surface area contributed by atoms with Crippen molar-refractivity contribution in [1.29, 1.82) is 0 Å². The van der Waals surface area contributed by atoms with Crippen LogP contribution in [0.2, 0.25) is 0 Å². The van der Waals surface area contributed by atoms with Gasteiger partial charge in [-0.2, -0.15) is 4.90 Å². The van der Waals surface area contributed by atoms with Crippen LogP contribution in [-0.2, 0) is 29.9 Å². The predicted octanol–water partition coefficient (Wildman–Crippen LogP) is 2.28. The van der Waals surface area contributed by atoms with E-state index in [9.17, 15) is 0 Å². The van der Waals surface area contributed by atoms with Crippen molar-refractivity contribution in [3.05, 3.63) is 30.3 Å². The topological polar surface area (TPSA) is 0 Å². The van der Waals surface area contributed by atoms with Crippen molar-refractivity contribution in [1.82, 2.24) is 0 Å². The molecule has 0 bridgehead atoms.